The lowest BCUT2D eigenvalue weighted by Gasteiger charge is -2.32. The summed E-state index contributed by atoms with van der Waals surface area (Å²) >= 11 is 0. The molecule has 0 saturated carbocycles. The quantitative estimate of drug-likeness (QED) is 0.723. The minimum Gasteiger partial charge on any atom is -0.366 e. The molecule has 1 unspecified atom stereocenters. The van der Waals surface area contributed by atoms with E-state index in [1.54, 1.807) is 6.07 Å². The number of para-hydroxylation sites is 1. The van der Waals surface area contributed by atoms with Crippen molar-refractivity contribution in [3.8, 4) is 0 Å². The molecule has 0 aliphatic carbocycles. The van der Waals surface area contributed by atoms with Gasteiger partial charge in [-0.2, -0.15) is 0 Å². The zero-order valence-electron chi connectivity index (χ0n) is 8.30. The van der Waals surface area contributed by atoms with Gasteiger partial charge in [0, 0.05) is 17.8 Å². The topological polar surface area (TPSA) is 49.8 Å². The first-order valence-electron chi connectivity index (χ1n) is 4.90. The maximum Gasteiger partial charge on any atom is 0.172 e. The molecule has 0 amide bonds. The zero-order valence-corrected chi connectivity index (χ0v) is 8.30. The fraction of sp³-hybridized carbons (Fsp3) is 0.364. The van der Waals surface area contributed by atoms with E-state index in [0.717, 1.165) is 12.0 Å². The van der Waals surface area contributed by atoms with Crippen LogP contribution in [0.15, 0.2) is 24.3 Å². The van der Waals surface area contributed by atoms with Crippen LogP contribution in [-0.4, -0.2) is 37.4 Å². The number of hydrogen-bond donors (Lipinski definition) is 1. The summed E-state index contributed by atoms with van der Waals surface area (Å²) in [5.41, 5.74) is 1.50. The third-order valence-electron chi connectivity index (χ3n) is 2.45. The number of hydrogen-bond acceptors (Lipinski definition) is 4. The minimum atomic E-state index is -0.765. The number of aliphatic hydroxyl groups is 1. The number of nitrogens with zero attached hydrogens (tertiary/aromatic N) is 1. The molecule has 1 atom stereocenters. The second-order valence-corrected chi connectivity index (χ2v) is 3.45. The largest absolute Gasteiger partial charge is 0.366 e. The standard InChI is InChI=1S/C11H13NO3/c13-8-9-3-1-2-4-10(9)12-5-6-15-11(14)7-12/h1-4,8,11,14H,5-7H2. The van der Waals surface area contributed by atoms with Gasteiger partial charge in [0.2, 0.25) is 0 Å². The van der Waals surface area contributed by atoms with E-state index in [1.807, 2.05) is 23.1 Å². The van der Waals surface area contributed by atoms with E-state index in [0.29, 0.717) is 25.3 Å². The van der Waals surface area contributed by atoms with Gasteiger partial charge in [-0.1, -0.05) is 12.1 Å². The highest BCUT2D eigenvalue weighted by atomic mass is 16.6. The lowest BCUT2D eigenvalue weighted by molar-refractivity contribution is -0.104. The summed E-state index contributed by atoms with van der Waals surface area (Å²) in [5, 5.41) is 9.35. The van der Waals surface area contributed by atoms with Crippen molar-refractivity contribution in [2.75, 3.05) is 24.6 Å². The number of aliphatic hydroxyl groups excluding tert-OH is 1. The Bertz CT molecular complexity index is 353. The van der Waals surface area contributed by atoms with Crippen LogP contribution in [0.4, 0.5) is 5.69 Å². The highest BCUT2D eigenvalue weighted by Crippen LogP contribution is 2.20. The number of anilines is 1. The van der Waals surface area contributed by atoms with Crippen LogP contribution in [0.2, 0.25) is 0 Å². The number of carbonyl (C=O) groups excluding carboxylic acids is 1. The van der Waals surface area contributed by atoms with Crippen molar-refractivity contribution in [3.63, 3.8) is 0 Å². The fourth-order valence-electron chi connectivity index (χ4n) is 1.73. The third-order valence-corrected chi connectivity index (χ3v) is 2.45. The van der Waals surface area contributed by atoms with Crippen LogP contribution in [0.3, 0.4) is 0 Å². The summed E-state index contributed by atoms with van der Waals surface area (Å²) in [6, 6.07) is 7.35. The molecule has 80 valence electrons. The highest BCUT2D eigenvalue weighted by molar-refractivity contribution is 5.84. The van der Waals surface area contributed by atoms with E-state index in [2.05, 4.69) is 0 Å². The maximum absolute atomic E-state index is 10.8. The van der Waals surface area contributed by atoms with Gasteiger partial charge < -0.3 is 14.7 Å². The molecular weight excluding hydrogens is 194 g/mol. The number of carbonyl (C=O) groups is 1. The minimum absolute atomic E-state index is 0.408. The van der Waals surface area contributed by atoms with Gasteiger partial charge >= 0.3 is 0 Å². The summed E-state index contributed by atoms with van der Waals surface area (Å²) in [6.45, 7) is 1.58. The van der Waals surface area contributed by atoms with Crippen LogP contribution in [-0.2, 0) is 4.74 Å². The molecule has 1 aliphatic rings. The molecule has 4 heteroatoms. The second-order valence-electron chi connectivity index (χ2n) is 3.45. The first-order chi connectivity index (χ1) is 7.31. The molecule has 0 spiro atoms. The van der Waals surface area contributed by atoms with E-state index in [9.17, 15) is 9.90 Å². The monoisotopic (exact) mass is 207 g/mol. The molecule has 1 saturated heterocycles. The van der Waals surface area contributed by atoms with E-state index < -0.39 is 6.29 Å². The number of benzene rings is 1. The number of aldehydes is 1. The Labute approximate surface area is 88.1 Å². The molecule has 1 aliphatic heterocycles. The Morgan fingerprint density at radius 2 is 2.27 bits per heavy atom. The van der Waals surface area contributed by atoms with Crippen LogP contribution < -0.4 is 4.90 Å². The van der Waals surface area contributed by atoms with Gasteiger partial charge in [0.05, 0.1) is 13.2 Å². The molecule has 0 radical (unpaired) electrons. The van der Waals surface area contributed by atoms with Crippen molar-refractivity contribution in [1.82, 2.24) is 0 Å². The molecule has 1 heterocycles. The van der Waals surface area contributed by atoms with Crippen LogP contribution in [0, 0.1) is 0 Å². The lowest BCUT2D eigenvalue weighted by atomic mass is 10.1. The fourth-order valence-corrected chi connectivity index (χ4v) is 1.73. The number of morpholine rings is 1. The van der Waals surface area contributed by atoms with Gasteiger partial charge in [-0.05, 0) is 12.1 Å². The van der Waals surface area contributed by atoms with Crippen LogP contribution >= 0.6 is 0 Å². The van der Waals surface area contributed by atoms with E-state index >= 15 is 0 Å². The maximum atomic E-state index is 10.8. The van der Waals surface area contributed by atoms with E-state index in [1.165, 1.54) is 0 Å². The van der Waals surface area contributed by atoms with Crippen molar-refractivity contribution in [2.24, 2.45) is 0 Å². The Kier molecular flexibility index (Phi) is 2.99. The number of rotatable bonds is 2. The smallest absolute Gasteiger partial charge is 0.172 e. The molecule has 2 rings (SSSR count). The zero-order chi connectivity index (χ0) is 10.7. The molecule has 4 nitrogen and oxygen atoms in total. The lowest BCUT2D eigenvalue weighted by Crippen LogP contribution is -2.42. The normalized spacial score (nSPS) is 21.4. The first kappa shape index (κ1) is 10.1. The Balaban J connectivity index is 2.24. The van der Waals surface area contributed by atoms with Gasteiger partial charge in [0.1, 0.15) is 0 Å². The molecule has 0 bridgehead atoms. The SMILES string of the molecule is O=Cc1ccccc1N1CCOC(O)C1. The van der Waals surface area contributed by atoms with Crippen LogP contribution in [0.5, 0.6) is 0 Å². The predicted molar refractivity (Wildman–Crippen MR) is 56.0 cm³/mol. The van der Waals surface area contributed by atoms with Crippen molar-refractivity contribution in [2.45, 2.75) is 6.29 Å². The van der Waals surface area contributed by atoms with Gasteiger partial charge in [0.25, 0.3) is 0 Å². The molecular formula is C11H13NO3. The molecule has 1 aromatic carbocycles. The van der Waals surface area contributed by atoms with Gasteiger partial charge in [0.15, 0.2) is 12.6 Å². The second kappa shape index (κ2) is 4.42. The summed E-state index contributed by atoms with van der Waals surface area (Å²) in [4.78, 5) is 12.8. The average Bonchev–Trinajstić information content (AvgIpc) is 2.29. The summed E-state index contributed by atoms with van der Waals surface area (Å²) in [5.74, 6) is 0. The number of β-amino-alcohol motifs (C(OH)–C–C–N with tert-alkyl or cyclic N) is 1. The van der Waals surface area contributed by atoms with Gasteiger partial charge in [-0.25, -0.2) is 0 Å². The van der Waals surface area contributed by atoms with Crippen molar-refractivity contribution in [3.05, 3.63) is 29.8 Å². The van der Waals surface area contributed by atoms with E-state index in [-0.39, 0.29) is 0 Å². The number of ether oxygens (including phenoxy) is 1. The van der Waals surface area contributed by atoms with E-state index in [4.69, 9.17) is 4.74 Å². The average molecular weight is 207 g/mol. The van der Waals surface area contributed by atoms with Crippen LogP contribution in [0.25, 0.3) is 0 Å². The van der Waals surface area contributed by atoms with Crippen molar-refractivity contribution in [1.29, 1.82) is 0 Å². The Morgan fingerprint density at radius 1 is 1.47 bits per heavy atom. The first-order valence-corrected chi connectivity index (χ1v) is 4.90. The summed E-state index contributed by atoms with van der Waals surface area (Å²) in [6.07, 6.45) is 0.0652. The van der Waals surface area contributed by atoms with Gasteiger partial charge in [-0.15, -0.1) is 0 Å². The highest BCUT2D eigenvalue weighted by Gasteiger charge is 2.19. The third kappa shape index (κ3) is 2.16. The van der Waals surface area contributed by atoms with Crippen LogP contribution in [0.1, 0.15) is 10.4 Å². The summed E-state index contributed by atoms with van der Waals surface area (Å²) in [7, 11) is 0. The molecule has 1 fully saturated rings. The Hall–Kier alpha value is -1.39. The molecule has 0 aromatic heterocycles. The molecule has 1 N–H and O–H groups in total. The summed E-state index contributed by atoms with van der Waals surface area (Å²) < 4.78 is 5.03. The van der Waals surface area contributed by atoms with Gasteiger partial charge in [-0.3, -0.25) is 4.79 Å². The predicted octanol–water partition coefficient (Wildman–Crippen LogP) is 0.654. The van der Waals surface area contributed by atoms with Crippen molar-refractivity contribution >= 4 is 12.0 Å². The van der Waals surface area contributed by atoms with Crippen molar-refractivity contribution < 1.29 is 14.6 Å². The Morgan fingerprint density at radius 3 is 3.00 bits per heavy atom. The molecule has 1 aromatic rings. The molecule has 15 heavy (non-hydrogen) atoms.